The van der Waals surface area contributed by atoms with Gasteiger partial charge >= 0.3 is 0 Å². The molecule has 0 fully saturated rings. The van der Waals surface area contributed by atoms with Crippen LogP contribution in [0.4, 0.5) is 0 Å². The van der Waals surface area contributed by atoms with Crippen molar-refractivity contribution < 1.29 is 14.2 Å². The Morgan fingerprint density at radius 1 is 0.867 bits per heavy atom. The Bertz CT molecular complexity index is 171. The Hall–Kier alpha value is -0.700. The molecule has 0 atom stereocenters. The highest BCUT2D eigenvalue weighted by Gasteiger charge is 2.05. The van der Waals surface area contributed by atoms with Crippen LogP contribution in [0.15, 0.2) is 12.0 Å². The highest BCUT2D eigenvalue weighted by atomic mass is 16.7. The first-order chi connectivity index (χ1) is 6.91. The van der Waals surface area contributed by atoms with E-state index in [4.69, 9.17) is 14.2 Å². The van der Waals surface area contributed by atoms with Crippen molar-refractivity contribution in [3.8, 4) is 0 Å². The van der Waals surface area contributed by atoms with Crippen LogP contribution in [0.1, 0.15) is 41.5 Å². The zero-order valence-corrected chi connectivity index (χ0v) is 10.7. The molecule has 0 aliphatic carbocycles. The van der Waals surface area contributed by atoms with Gasteiger partial charge in [-0.1, -0.05) is 0 Å². The van der Waals surface area contributed by atoms with Crippen LogP contribution in [0, 0.1) is 0 Å². The molecule has 0 saturated carbocycles. The SMILES string of the molecule is CC(C)OCC=C(OC(C)C)OC(C)C. The van der Waals surface area contributed by atoms with Gasteiger partial charge in [0.05, 0.1) is 24.9 Å². The van der Waals surface area contributed by atoms with Crippen molar-refractivity contribution in [1.82, 2.24) is 0 Å². The van der Waals surface area contributed by atoms with Crippen molar-refractivity contribution in [1.29, 1.82) is 0 Å². The van der Waals surface area contributed by atoms with E-state index >= 15 is 0 Å². The second-order valence-electron chi connectivity index (χ2n) is 4.24. The molecule has 0 aromatic rings. The van der Waals surface area contributed by atoms with Gasteiger partial charge in [-0.15, -0.1) is 0 Å². The Labute approximate surface area is 93.4 Å². The summed E-state index contributed by atoms with van der Waals surface area (Å²) in [4.78, 5) is 0. The number of hydrogen-bond acceptors (Lipinski definition) is 3. The topological polar surface area (TPSA) is 27.7 Å². The lowest BCUT2D eigenvalue weighted by atomic mass is 10.4. The summed E-state index contributed by atoms with van der Waals surface area (Å²) in [6, 6.07) is 0. The third kappa shape index (κ3) is 9.60. The van der Waals surface area contributed by atoms with E-state index in [-0.39, 0.29) is 18.3 Å². The molecule has 0 aliphatic heterocycles. The van der Waals surface area contributed by atoms with Crippen LogP contribution in [0.2, 0.25) is 0 Å². The van der Waals surface area contributed by atoms with Gasteiger partial charge < -0.3 is 14.2 Å². The molecule has 0 radical (unpaired) electrons. The van der Waals surface area contributed by atoms with E-state index in [1.165, 1.54) is 0 Å². The normalized spacial score (nSPS) is 11.0. The average molecular weight is 216 g/mol. The fourth-order valence-electron chi connectivity index (χ4n) is 0.897. The second kappa shape index (κ2) is 7.57. The molecule has 0 amide bonds. The first-order valence-electron chi connectivity index (χ1n) is 5.57. The van der Waals surface area contributed by atoms with Crippen LogP contribution in [0.3, 0.4) is 0 Å². The van der Waals surface area contributed by atoms with E-state index in [9.17, 15) is 0 Å². The monoisotopic (exact) mass is 216 g/mol. The molecule has 90 valence electrons. The molecular formula is C12H24O3. The summed E-state index contributed by atoms with van der Waals surface area (Å²) >= 11 is 0. The van der Waals surface area contributed by atoms with Crippen LogP contribution in [-0.4, -0.2) is 24.9 Å². The predicted molar refractivity (Wildman–Crippen MR) is 61.6 cm³/mol. The Balaban J connectivity index is 4.08. The van der Waals surface area contributed by atoms with Gasteiger partial charge in [0, 0.05) is 6.08 Å². The quantitative estimate of drug-likeness (QED) is 0.612. The Kier molecular flexibility index (Phi) is 7.22. The van der Waals surface area contributed by atoms with Crippen LogP contribution >= 0.6 is 0 Å². The molecule has 0 unspecified atom stereocenters. The molecule has 0 heterocycles. The maximum atomic E-state index is 5.50. The van der Waals surface area contributed by atoms with Crippen molar-refractivity contribution >= 4 is 0 Å². The smallest absolute Gasteiger partial charge is 0.277 e. The van der Waals surface area contributed by atoms with Gasteiger partial charge in [0.2, 0.25) is 0 Å². The number of ether oxygens (including phenoxy) is 3. The molecule has 3 heteroatoms. The zero-order chi connectivity index (χ0) is 11.8. The summed E-state index contributed by atoms with van der Waals surface area (Å²) in [7, 11) is 0. The van der Waals surface area contributed by atoms with Crippen molar-refractivity contribution in [3.05, 3.63) is 12.0 Å². The van der Waals surface area contributed by atoms with E-state index < -0.39 is 0 Å². The molecule has 15 heavy (non-hydrogen) atoms. The van der Waals surface area contributed by atoms with Crippen LogP contribution in [0.25, 0.3) is 0 Å². The summed E-state index contributed by atoms with van der Waals surface area (Å²) < 4.78 is 16.4. The summed E-state index contributed by atoms with van der Waals surface area (Å²) in [5.41, 5.74) is 0. The summed E-state index contributed by atoms with van der Waals surface area (Å²) in [6.45, 7) is 12.4. The van der Waals surface area contributed by atoms with Gasteiger partial charge in [-0.25, -0.2) is 0 Å². The summed E-state index contributed by atoms with van der Waals surface area (Å²) in [5.74, 6) is 0.556. The van der Waals surface area contributed by atoms with E-state index in [0.29, 0.717) is 12.6 Å². The molecule has 0 rings (SSSR count). The van der Waals surface area contributed by atoms with Crippen LogP contribution < -0.4 is 0 Å². The highest BCUT2D eigenvalue weighted by molar-refractivity contribution is 4.85. The third-order valence-corrected chi connectivity index (χ3v) is 1.38. The van der Waals surface area contributed by atoms with Gasteiger partial charge in [0.15, 0.2) is 0 Å². The van der Waals surface area contributed by atoms with Gasteiger partial charge in [0.25, 0.3) is 5.95 Å². The van der Waals surface area contributed by atoms with E-state index in [1.807, 2.05) is 47.6 Å². The molecule has 0 bridgehead atoms. The summed E-state index contributed by atoms with van der Waals surface area (Å²) in [6.07, 6.45) is 2.30. The van der Waals surface area contributed by atoms with Crippen molar-refractivity contribution in [2.24, 2.45) is 0 Å². The van der Waals surface area contributed by atoms with Gasteiger partial charge in [-0.2, -0.15) is 0 Å². The molecule has 0 N–H and O–H groups in total. The Morgan fingerprint density at radius 3 is 1.67 bits per heavy atom. The van der Waals surface area contributed by atoms with Crippen LogP contribution in [0.5, 0.6) is 0 Å². The first kappa shape index (κ1) is 14.3. The maximum absolute atomic E-state index is 5.50. The van der Waals surface area contributed by atoms with E-state index in [2.05, 4.69) is 0 Å². The predicted octanol–water partition coefficient (Wildman–Crippen LogP) is 3.10. The van der Waals surface area contributed by atoms with Crippen molar-refractivity contribution in [2.75, 3.05) is 6.61 Å². The third-order valence-electron chi connectivity index (χ3n) is 1.38. The lowest BCUT2D eigenvalue weighted by Gasteiger charge is -2.17. The largest absolute Gasteiger partial charge is 0.463 e. The average Bonchev–Trinajstić information content (AvgIpc) is 2.00. The molecule has 0 aliphatic rings. The lowest BCUT2D eigenvalue weighted by Crippen LogP contribution is -2.11. The number of hydrogen-bond donors (Lipinski definition) is 0. The minimum absolute atomic E-state index is 0.119. The number of rotatable bonds is 7. The molecule has 0 aromatic heterocycles. The minimum Gasteiger partial charge on any atom is -0.463 e. The second-order valence-corrected chi connectivity index (χ2v) is 4.24. The Morgan fingerprint density at radius 2 is 1.33 bits per heavy atom. The van der Waals surface area contributed by atoms with Gasteiger partial charge in [-0.3, -0.25) is 0 Å². The lowest BCUT2D eigenvalue weighted by molar-refractivity contribution is -0.0212. The van der Waals surface area contributed by atoms with E-state index in [0.717, 1.165) is 0 Å². The summed E-state index contributed by atoms with van der Waals surface area (Å²) in [5, 5.41) is 0. The standard InChI is InChI=1S/C12H24O3/c1-9(2)13-8-7-12(14-10(3)4)15-11(5)6/h7,9-11H,8H2,1-6H3. The van der Waals surface area contributed by atoms with Crippen molar-refractivity contribution in [2.45, 2.75) is 59.9 Å². The maximum Gasteiger partial charge on any atom is 0.277 e. The molecule has 0 spiro atoms. The molecule has 0 aromatic carbocycles. The fraction of sp³-hybridized carbons (Fsp3) is 0.833. The first-order valence-corrected chi connectivity index (χ1v) is 5.57. The fourth-order valence-corrected chi connectivity index (χ4v) is 0.897. The van der Waals surface area contributed by atoms with Crippen molar-refractivity contribution in [3.63, 3.8) is 0 Å². The van der Waals surface area contributed by atoms with Gasteiger partial charge in [-0.05, 0) is 41.5 Å². The molecular weight excluding hydrogens is 192 g/mol. The highest BCUT2D eigenvalue weighted by Crippen LogP contribution is 2.07. The minimum atomic E-state index is 0.119. The zero-order valence-electron chi connectivity index (χ0n) is 10.7. The molecule has 0 saturated heterocycles. The van der Waals surface area contributed by atoms with Gasteiger partial charge in [0.1, 0.15) is 0 Å². The molecule has 3 nitrogen and oxygen atoms in total. The van der Waals surface area contributed by atoms with Crippen LogP contribution in [-0.2, 0) is 14.2 Å². The van der Waals surface area contributed by atoms with E-state index in [1.54, 1.807) is 0 Å².